The lowest BCUT2D eigenvalue weighted by Gasteiger charge is -2.09. The number of benzene rings is 2. The van der Waals surface area contributed by atoms with Gasteiger partial charge in [0.1, 0.15) is 11.5 Å². The fourth-order valence-corrected chi connectivity index (χ4v) is 2.22. The third kappa shape index (κ3) is 3.09. The van der Waals surface area contributed by atoms with Crippen LogP contribution in [0.4, 0.5) is 0 Å². The quantitative estimate of drug-likeness (QED) is 0.876. The highest BCUT2D eigenvalue weighted by atomic mass is 79.9. The molecule has 0 saturated carbocycles. The van der Waals surface area contributed by atoms with E-state index in [1.165, 1.54) is 0 Å². The lowest BCUT2D eigenvalue weighted by Crippen LogP contribution is -1.88. The van der Waals surface area contributed by atoms with Gasteiger partial charge in [-0.05, 0) is 45.8 Å². The Labute approximate surface area is 116 Å². The van der Waals surface area contributed by atoms with Gasteiger partial charge in [-0.2, -0.15) is 0 Å². The van der Waals surface area contributed by atoms with Crippen molar-refractivity contribution in [1.29, 1.82) is 0 Å². The largest absolute Gasteiger partial charge is 0.456 e. The molecule has 2 aromatic rings. The number of para-hydroxylation sites is 1. The van der Waals surface area contributed by atoms with Crippen LogP contribution in [0.1, 0.15) is 5.56 Å². The highest BCUT2D eigenvalue weighted by Crippen LogP contribution is 2.31. The number of halogens is 2. The Balaban J connectivity index is 2.25. The van der Waals surface area contributed by atoms with Crippen LogP contribution in [0.15, 0.2) is 51.4 Å². The van der Waals surface area contributed by atoms with Crippen LogP contribution in [0.2, 0.25) is 0 Å². The molecular weight excluding hydrogens is 348 g/mol. The van der Waals surface area contributed by atoms with Gasteiger partial charge in [0, 0.05) is 4.47 Å². The van der Waals surface area contributed by atoms with Crippen LogP contribution in [-0.2, 0) is 6.61 Å². The van der Waals surface area contributed by atoms with Gasteiger partial charge in [0.25, 0.3) is 0 Å². The molecule has 0 bridgehead atoms. The number of aliphatic hydroxyl groups is 1. The van der Waals surface area contributed by atoms with Crippen molar-refractivity contribution in [3.63, 3.8) is 0 Å². The molecule has 0 aliphatic carbocycles. The van der Waals surface area contributed by atoms with Crippen molar-refractivity contribution >= 4 is 31.9 Å². The van der Waals surface area contributed by atoms with Gasteiger partial charge in [-0.25, -0.2) is 0 Å². The molecule has 17 heavy (non-hydrogen) atoms. The van der Waals surface area contributed by atoms with Crippen LogP contribution >= 0.6 is 31.9 Å². The second-order valence-corrected chi connectivity index (χ2v) is 5.15. The second kappa shape index (κ2) is 5.67. The van der Waals surface area contributed by atoms with Crippen molar-refractivity contribution in [1.82, 2.24) is 0 Å². The van der Waals surface area contributed by atoms with Gasteiger partial charge in [0.2, 0.25) is 0 Å². The molecule has 0 radical (unpaired) electrons. The molecule has 88 valence electrons. The summed E-state index contributed by atoms with van der Waals surface area (Å²) in [6.45, 7) is 0.00982. The fraction of sp³-hybridized carbons (Fsp3) is 0.0769. The highest BCUT2D eigenvalue weighted by molar-refractivity contribution is 9.10. The maximum absolute atomic E-state index is 9.06. The Morgan fingerprint density at radius 3 is 2.41 bits per heavy atom. The van der Waals surface area contributed by atoms with Gasteiger partial charge in [-0.15, -0.1) is 0 Å². The predicted octanol–water partition coefficient (Wildman–Crippen LogP) is 4.50. The number of aliphatic hydroxyl groups excluding tert-OH is 1. The van der Waals surface area contributed by atoms with Crippen LogP contribution in [0.5, 0.6) is 11.5 Å². The minimum Gasteiger partial charge on any atom is -0.456 e. The van der Waals surface area contributed by atoms with E-state index >= 15 is 0 Å². The zero-order valence-electron chi connectivity index (χ0n) is 8.86. The van der Waals surface area contributed by atoms with E-state index in [0.717, 1.165) is 26.0 Å². The van der Waals surface area contributed by atoms with Crippen molar-refractivity contribution in [2.45, 2.75) is 6.61 Å². The summed E-state index contributed by atoms with van der Waals surface area (Å²) >= 11 is 6.81. The molecular formula is C13H10Br2O2. The molecule has 2 rings (SSSR count). The highest BCUT2D eigenvalue weighted by Gasteiger charge is 2.04. The van der Waals surface area contributed by atoms with E-state index in [0.29, 0.717) is 0 Å². The van der Waals surface area contributed by atoms with E-state index in [4.69, 9.17) is 9.84 Å². The van der Waals surface area contributed by atoms with Gasteiger partial charge in [0.15, 0.2) is 0 Å². The number of hydrogen-bond acceptors (Lipinski definition) is 2. The molecule has 1 N–H and O–H groups in total. The first kappa shape index (κ1) is 12.6. The molecule has 0 fully saturated rings. The summed E-state index contributed by atoms with van der Waals surface area (Å²) in [5.74, 6) is 1.48. The monoisotopic (exact) mass is 356 g/mol. The fourth-order valence-electron chi connectivity index (χ4n) is 1.37. The van der Waals surface area contributed by atoms with E-state index in [1.807, 2.05) is 42.5 Å². The first-order valence-electron chi connectivity index (χ1n) is 5.02. The minimum atomic E-state index is 0.00982. The maximum atomic E-state index is 9.06. The molecule has 4 heteroatoms. The molecule has 0 aliphatic heterocycles. The lowest BCUT2D eigenvalue weighted by molar-refractivity contribution is 0.281. The summed E-state index contributed by atoms with van der Waals surface area (Å²) in [5, 5.41) is 9.06. The number of hydrogen-bond donors (Lipinski definition) is 1. The van der Waals surface area contributed by atoms with Crippen LogP contribution in [0, 0.1) is 0 Å². The number of rotatable bonds is 3. The van der Waals surface area contributed by atoms with Gasteiger partial charge < -0.3 is 9.84 Å². The van der Waals surface area contributed by atoms with Gasteiger partial charge >= 0.3 is 0 Å². The third-order valence-corrected chi connectivity index (χ3v) is 3.65. The standard InChI is InChI=1S/C13H10Br2O2/c14-11-3-1-2-4-13(11)17-10-6-5-9(8-16)12(15)7-10/h1-7,16H,8H2. The van der Waals surface area contributed by atoms with E-state index < -0.39 is 0 Å². The molecule has 0 aliphatic rings. The van der Waals surface area contributed by atoms with Crippen molar-refractivity contribution in [2.75, 3.05) is 0 Å². The summed E-state index contributed by atoms with van der Waals surface area (Å²) in [6.07, 6.45) is 0. The van der Waals surface area contributed by atoms with E-state index in [-0.39, 0.29) is 6.61 Å². The number of ether oxygens (including phenoxy) is 1. The van der Waals surface area contributed by atoms with Gasteiger partial charge in [-0.3, -0.25) is 0 Å². The summed E-state index contributed by atoms with van der Waals surface area (Å²) in [6, 6.07) is 13.2. The summed E-state index contributed by atoms with van der Waals surface area (Å²) in [4.78, 5) is 0. The molecule has 0 atom stereocenters. The molecule has 2 aromatic carbocycles. The average Bonchev–Trinajstić information content (AvgIpc) is 2.32. The molecule has 0 amide bonds. The molecule has 0 aromatic heterocycles. The topological polar surface area (TPSA) is 29.5 Å². The van der Waals surface area contributed by atoms with E-state index in [1.54, 1.807) is 0 Å². The van der Waals surface area contributed by atoms with Crippen molar-refractivity contribution in [2.24, 2.45) is 0 Å². The molecule has 0 saturated heterocycles. The minimum absolute atomic E-state index is 0.00982. The van der Waals surface area contributed by atoms with Crippen LogP contribution in [0.25, 0.3) is 0 Å². The Bertz CT molecular complexity index is 527. The van der Waals surface area contributed by atoms with Crippen LogP contribution in [0.3, 0.4) is 0 Å². The molecule has 2 nitrogen and oxygen atoms in total. The Morgan fingerprint density at radius 2 is 1.76 bits per heavy atom. The van der Waals surface area contributed by atoms with E-state index in [2.05, 4.69) is 31.9 Å². The second-order valence-electron chi connectivity index (χ2n) is 3.44. The Morgan fingerprint density at radius 1 is 1.00 bits per heavy atom. The maximum Gasteiger partial charge on any atom is 0.141 e. The SMILES string of the molecule is OCc1ccc(Oc2ccccc2Br)cc1Br. The Kier molecular flexibility index (Phi) is 4.20. The average molecular weight is 358 g/mol. The van der Waals surface area contributed by atoms with Crippen molar-refractivity contribution in [3.8, 4) is 11.5 Å². The van der Waals surface area contributed by atoms with Crippen molar-refractivity contribution in [3.05, 3.63) is 57.0 Å². The summed E-state index contributed by atoms with van der Waals surface area (Å²) < 4.78 is 7.47. The normalized spacial score (nSPS) is 10.3. The molecule has 0 spiro atoms. The van der Waals surface area contributed by atoms with Crippen LogP contribution in [-0.4, -0.2) is 5.11 Å². The first-order valence-corrected chi connectivity index (χ1v) is 6.61. The summed E-state index contributed by atoms with van der Waals surface area (Å²) in [5.41, 5.74) is 0.837. The summed E-state index contributed by atoms with van der Waals surface area (Å²) in [7, 11) is 0. The van der Waals surface area contributed by atoms with Crippen LogP contribution < -0.4 is 4.74 Å². The third-order valence-electron chi connectivity index (χ3n) is 2.26. The van der Waals surface area contributed by atoms with Gasteiger partial charge in [-0.1, -0.05) is 34.1 Å². The molecule has 0 heterocycles. The van der Waals surface area contributed by atoms with E-state index in [9.17, 15) is 0 Å². The lowest BCUT2D eigenvalue weighted by atomic mass is 10.2. The zero-order valence-corrected chi connectivity index (χ0v) is 12.0. The van der Waals surface area contributed by atoms with Gasteiger partial charge in [0.05, 0.1) is 11.1 Å². The smallest absolute Gasteiger partial charge is 0.141 e. The zero-order chi connectivity index (χ0) is 12.3. The van der Waals surface area contributed by atoms with Crippen molar-refractivity contribution < 1.29 is 9.84 Å². The predicted molar refractivity (Wildman–Crippen MR) is 74.3 cm³/mol. The Hall–Kier alpha value is -0.840. The first-order chi connectivity index (χ1) is 8.20. The molecule has 0 unspecified atom stereocenters.